The highest BCUT2D eigenvalue weighted by atomic mass is 19.1. The third-order valence-corrected chi connectivity index (χ3v) is 3.40. The molecule has 0 aliphatic heterocycles. The van der Waals surface area contributed by atoms with Gasteiger partial charge in [-0.1, -0.05) is 0 Å². The second-order valence-corrected chi connectivity index (χ2v) is 6.62. The third-order valence-electron chi connectivity index (χ3n) is 3.40. The molecule has 0 saturated carbocycles. The van der Waals surface area contributed by atoms with E-state index >= 15 is 0 Å². The third kappa shape index (κ3) is 7.43. The molecule has 0 heterocycles. The Labute approximate surface area is 165 Å². The lowest BCUT2D eigenvalue weighted by atomic mass is 10.1. The van der Waals surface area contributed by atoms with E-state index in [0.717, 1.165) is 12.1 Å². The molecular weight excluding hydrogens is 394 g/mol. The predicted molar refractivity (Wildman–Crippen MR) is 96.3 cm³/mol. The summed E-state index contributed by atoms with van der Waals surface area (Å²) in [4.78, 5) is 45.9. The van der Waals surface area contributed by atoms with E-state index in [4.69, 9.17) is 9.47 Å². The zero-order valence-corrected chi connectivity index (χ0v) is 16.3. The first-order valence-corrected chi connectivity index (χ1v) is 8.72. The largest absolute Gasteiger partial charge is 0.461 e. The molecule has 0 radical (unpaired) electrons. The fraction of sp³-hybridized carbons (Fsp3) is 0.500. The van der Waals surface area contributed by atoms with Crippen molar-refractivity contribution in [3.63, 3.8) is 0 Å². The van der Waals surface area contributed by atoms with Crippen LogP contribution in [0.25, 0.3) is 0 Å². The molecule has 0 unspecified atom stereocenters. The number of ether oxygens (including phenoxy) is 2. The lowest BCUT2D eigenvalue weighted by molar-refractivity contribution is -0.387. The van der Waals surface area contributed by atoms with E-state index in [-0.39, 0.29) is 5.56 Å². The second kappa shape index (κ2) is 10.4. The van der Waals surface area contributed by atoms with Crippen LogP contribution in [0.1, 0.15) is 44.5 Å². The normalized spacial score (nSPS) is 13.0. The molecule has 2 atom stereocenters. The van der Waals surface area contributed by atoms with Gasteiger partial charge in [-0.15, -0.1) is 0 Å². The predicted octanol–water partition coefficient (Wildman–Crippen LogP) is 2.46. The van der Waals surface area contributed by atoms with Crippen molar-refractivity contribution < 1.29 is 37.6 Å². The number of nitro benzene ring substituents is 1. The van der Waals surface area contributed by atoms with Crippen molar-refractivity contribution in [3.8, 4) is 0 Å². The maximum Gasteiger partial charge on any atom is 0.341 e. The summed E-state index contributed by atoms with van der Waals surface area (Å²) < 4.78 is 37.6. The molecule has 0 aliphatic carbocycles. The summed E-state index contributed by atoms with van der Waals surface area (Å²) >= 11 is 0. The van der Waals surface area contributed by atoms with Gasteiger partial charge in [0.2, 0.25) is 5.82 Å². The van der Waals surface area contributed by atoms with Gasteiger partial charge >= 0.3 is 17.6 Å². The zero-order chi connectivity index (χ0) is 22.3. The van der Waals surface area contributed by atoms with Crippen LogP contribution in [0.15, 0.2) is 18.2 Å². The van der Waals surface area contributed by atoms with Crippen molar-refractivity contribution in [2.45, 2.75) is 58.5 Å². The molecule has 1 aromatic rings. The molecule has 29 heavy (non-hydrogen) atoms. The minimum absolute atomic E-state index is 0.337. The lowest BCUT2D eigenvalue weighted by Crippen LogP contribution is -2.45. The number of rotatable bonds is 9. The summed E-state index contributed by atoms with van der Waals surface area (Å²) in [5.74, 6) is -4.48. The van der Waals surface area contributed by atoms with Gasteiger partial charge in [-0.25, -0.2) is 14.0 Å². The van der Waals surface area contributed by atoms with Crippen LogP contribution in [-0.2, 0) is 19.1 Å². The van der Waals surface area contributed by atoms with Gasteiger partial charge in [0, 0.05) is 18.1 Å². The molecule has 1 rings (SSSR count). The number of nitrogens with zero attached hydrogens (tertiary/aromatic N) is 1. The maximum atomic E-state index is 14.2. The quantitative estimate of drug-likeness (QED) is 0.372. The van der Waals surface area contributed by atoms with Gasteiger partial charge in [-0.05, 0) is 39.8 Å². The molecule has 11 heteroatoms. The minimum atomic E-state index is -2.23. The van der Waals surface area contributed by atoms with Crippen molar-refractivity contribution in [2.24, 2.45) is 0 Å². The number of nitro groups is 1. The first-order chi connectivity index (χ1) is 13.4. The average molecular weight is 416 g/mol. The Morgan fingerprint density at radius 1 is 1.10 bits per heavy atom. The Morgan fingerprint density at radius 3 is 2.14 bits per heavy atom. The van der Waals surface area contributed by atoms with Gasteiger partial charge in [0.15, 0.2) is 6.17 Å². The van der Waals surface area contributed by atoms with E-state index in [1.807, 2.05) is 0 Å². The monoisotopic (exact) mass is 416 g/mol. The first kappa shape index (κ1) is 23.9. The van der Waals surface area contributed by atoms with Gasteiger partial charge in [-0.3, -0.25) is 14.9 Å². The first-order valence-electron chi connectivity index (χ1n) is 8.72. The lowest BCUT2D eigenvalue weighted by Gasteiger charge is -2.21. The maximum absolute atomic E-state index is 14.2. The SMILES string of the molecule is CC(C)OC(=O)[C@H](C[C@H](F)C(=O)OC(C)C)NC(=O)c1ccc([N+](=O)[O-])c(F)c1. The van der Waals surface area contributed by atoms with Crippen molar-refractivity contribution in [2.75, 3.05) is 0 Å². The average Bonchev–Trinajstić information content (AvgIpc) is 2.59. The zero-order valence-electron chi connectivity index (χ0n) is 16.3. The molecule has 0 spiro atoms. The van der Waals surface area contributed by atoms with Crippen LogP contribution in [0.5, 0.6) is 0 Å². The highest BCUT2D eigenvalue weighted by Crippen LogP contribution is 2.18. The summed E-state index contributed by atoms with van der Waals surface area (Å²) in [7, 11) is 0. The van der Waals surface area contributed by atoms with E-state index in [2.05, 4.69) is 5.32 Å². The van der Waals surface area contributed by atoms with Gasteiger partial charge < -0.3 is 14.8 Å². The molecular formula is C18H22F2N2O7. The van der Waals surface area contributed by atoms with E-state index in [1.165, 1.54) is 27.7 Å². The number of benzene rings is 1. The molecule has 0 fully saturated rings. The number of amides is 1. The van der Waals surface area contributed by atoms with E-state index in [1.54, 1.807) is 0 Å². The molecule has 1 N–H and O–H groups in total. The summed E-state index contributed by atoms with van der Waals surface area (Å²) in [5, 5.41) is 12.8. The summed E-state index contributed by atoms with van der Waals surface area (Å²) in [6.45, 7) is 6.09. The van der Waals surface area contributed by atoms with E-state index < -0.39 is 65.1 Å². The van der Waals surface area contributed by atoms with E-state index in [9.17, 15) is 33.3 Å². The van der Waals surface area contributed by atoms with Crippen molar-refractivity contribution in [1.82, 2.24) is 5.32 Å². The molecule has 160 valence electrons. The van der Waals surface area contributed by atoms with Gasteiger partial charge in [0.05, 0.1) is 17.1 Å². The number of hydrogen-bond acceptors (Lipinski definition) is 7. The Bertz CT molecular complexity index is 783. The Hall–Kier alpha value is -3.11. The van der Waals surface area contributed by atoms with Crippen molar-refractivity contribution >= 4 is 23.5 Å². The number of carbonyl (C=O) groups is 3. The van der Waals surface area contributed by atoms with E-state index in [0.29, 0.717) is 6.07 Å². The Kier molecular flexibility index (Phi) is 8.61. The molecule has 0 aromatic heterocycles. The molecule has 9 nitrogen and oxygen atoms in total. The summed E-state index contributed by atoms with van der Waals surface area (Å²) in [5.41, 5.74) is -1.17. The number of halogens is 2. The van der Waals surface area contributed by atoms with Crippen molar-refractivity contribution in [1.29, 1.82) is 0 Å². The number of esters is 2. The number of alkyl halides is 1. The highest BCUT2D eigenvalue weighted by Gasteiger charge is 2.32. The summed E-state index contributed by atoms with van der Waals surface area (Å²) in [6.07, 6.45) is -4.16. The van der Waals surface area contributed by atoms with Crippen LogP contribution in [0, 0.1) is 15.9 Å². The Morgan fingerprint density at radius 2 is 1.66 bits per heavy atom. The van der Waals surface area contributed by atoms with Crippen molar-refractivity contribution in [3.05, 3.63) is 39.7 Å². The minimum Gasteiger partial charge on any atom is -0.461 e. The molecule has 0 saturated heterocycles. The van der Waals surface area contributed by atoms with Crippen LogP contribution in [-0.4, -0.2) is 47.2 Å². The molecule has 0 aliphatic rings. The van der Waals surface area contributed by atoms with Crippen LogP contribution < -0.4 is 5.32 Å². The number of hydrogen-bond donors (Lipinski definition) is 1. The highest BCUT2D eigenvalue weighted by molar-refractivity contribution is 5.97. The van der Waals surface area contributed by atoms with Crippen LogP contribution in [0.4, 0.5) is 14.5 Å². The molecule has 0 bridgehead atoms. The van der Waals surface area contributed by atoms with Gasteiger partial charge in [-0.2, -0.15) is 4.39 Å². The van der Waals surface area contributed by atoms with Gasteiger partial charge in [0.25, 0.3) is 5.91 Å². The summed E-state index contributed by atoms with van der Waals surface area (Å²) in [6, 6.07) is 0.793. The fourth-order valence-corrected chi connectivity index (χ4v) is 2.18. The Balaban J connectivity index is 3.00. The van der Waals surface area contributed by atoms with Crippen LogP contribution in [0.2, 0.25) is 0 Å². The van der Waals surface area contributed by atoms with Crippen LogP contribution >= 0.6 is 0 Å². The topological polar surface area (TPSA) is 125 Å². The smallest absolute Gasteiger partial charge is 0.341 e. The second-order valence-electron chi connectivity index (χ2n) is 6.62. The standard InChI is InChI=1S/C18H22F2N2O7/c1-9(2)28-17(24)13(20)8-14(18(25)29-10(3)4)21-16(23)11-5-6-15(22(26)27)12(19)7-11/h5-7,9-10,13-14H,8H2,1-4H3,(H,21,23)/t13-,14-/m0/s1. The molecule has 1 amide bonds. The number of nitrogens with one attached hydrogen (secondary N) is 1. The molecule has 1 aromatic carbocycles. The van der Waals surface area contributed by atoms with Gasteiger partial charge in [0.1, 0.15) is 6.04 Å². The fourth-order valence-electron chi connectivity index (χ4n) is 2.18. The van der Waals surface area contributed by atoms with Crippen LogP contribution in [0.3, 0.4) is 0 Å². The number of carbonyl (C=O) groups excluding carboxylic acids is 3.